The van der Waals surface area contributed by atoms with Gasteiger partial charge in [-0.2, -0.15) is 22.4 Å². The molecule has 1 aliphatic rings. The third-order valence-corrected chi connectivity index (χ3v) is 4.81. The van der Waals surface area contributed by atoms with Gasteiger partial charge in [-0.05, 0) is 39.3 Å². The van der Waals surface area contributed by atoms with E-state index in [1.807, 2.05) is 7.05 Å². The topological polar surface area (TPSA) is 100 Å². The first kappa shape index (κ1) is 15.4. The van der Waals surface area contributed by atoms with Crippen molar-refractivity contribution in [2.45, 2.75) is 26.3 Å². The maximum Gasteiger partial charge on any atom is 0.279 e. The minimum absolute atomic E-state index is 0.0242. The van der Waals surface area contributed by atoms with Gasteiger partial charge in [0.2, 0.25) is 5.89 Å². The fourth-order valence-electron chi connectivity index (χ4n) is 2.36. The van der Waals surface area contributed by atoms with Crippen LogP contribution in [-0.2, 0) is 16.8 Å². The predicted octanol–water partition coefficient (Wildman–Crippen LogP) is -0.356. The lowest BCUT2D eigenvalue weighted by Crippen LogP contribution is -2.47. The fraction of sp³-hybridized carbons (Fsp3) is 0.818. The van der Waals surface area contributed by atoms with Crippen LogP contribution in [0.1, 0.15) is 24.6 Å². The van der Waals surface area contributed by atoms with Crippen molar-refractivity contribution in [3.63, 3.8) is 0 Å². The van der Waals surface area contributed by atoms with Crippen LogP contribution in [0.2, 0.25) is 0 Å². The van der Waals surface area contributed by atoms with Crippen LogP contribution < -0.4 is 10.0 Å². The number of rotatable bonds is 6. The molecule has 1 atom stereocenters. The SMILES string of the molecule is CNCC1CCCN(S(=O)(=O)NCc2nc(C)no2)C1. The van der Waals surface area contributed by atoms with Crippen LogP contribution in [0.25, 0.3) is 0 Å². The third-order valence-electron chi connectivity index (χ3n) is 3.29. The van der Waals surface area contributed by atoms with Gasteiger partial charge in [0.05, 0.1) is 6.54 Å². The first-order chi connectivity index (χ1) is 9.51. The third kappa shape index (κ3) is 3.98. The van der Waals surface area contributed by atoms with Gasteiger partial charge in [-0.25, -0.2) is 0 Å². The average Bonchev–Trinajstić information content (AvgIpc) is 2.83. The molecular weight excluding hydrogens is 282 g/mol. The van der Waals surface area contributed by atoms with E-state index in [9.17, 15) is 8.42 Å². The van der Waals surface area contributed by atoms with Crippen LogP contribution in [0.5, 0.6) is 0 Å². The fourth-order valence-corrected chi connectivity index (χ4v) is 3.62. The number of hydrogen-bond acceptors (Lipinski definition) is 6. The minimum atomic E-state index is -3.50. The summed E-state index contributed by atoms with van der Waals surface area (Å²) >= 11 is 0. The molecule has 0 aliphatic carbocycles. The molecule has 2 N–H and O–H groups in total. The van der Waals surface area contributed by atoms with E-state index in [-0.39, 0.29) is 12.4 Å². The zero-order chi connectivity index (χ0) is 14.6. The molecule has 9 heteroatoms. The zero-order valence-corrected chi connectivity index (χ0v) is 12.6. The van der Waals surface area contributed by atoms with Crippen LogP contribution in [0.3, 0.4) is 0 Å². The smallest absolute Gasteiger partial charge is 0.279 e. The van der Waals surface area contributed by atoms with Gasteiger partial charge in [-0.15, -0.1) is 0 Å². The highest BCUT2D eigenvalue weighted by molar-refractivity contribution is 7.87. The van der Waals surface area contributed by atoms with Gasteiger partial charge in [-0.3, -0.25) is 0 Å². The molecule has 8 nitrogen and oxygen atoms in total. The highest BCUT2D eigenvalue weighted by Gasteiger charge is 2.28. The molecule has 1 unspecified atom stereocenters. The first-order valence-electron chi connectivity index (χ1n) is 6.70. The van der Waals surface area contributed by atoms with E-state index >= 15 is 0 Å². The lowest BCUT2D eigenvalue weighted by molar-refractivity contribution is 0.260. The van der Waals surface area contributed by atoms with Gasteiger partial charge in [0.1, 0.15) is 0 Å². The van der Waals surface area contributed by atoms with E-state index in [1.165, 1.54) is 4.31 Å². The number of nitrogens with zero attached hydrogens (tertiary/aromatic N) is 3. The lowest BCUT2D eigenvalue weighted by atomic mass is 10.00. The first-order valence-corrected chi connectivity index (χ1v) is 8.14. The summed E-state index contributed by atoms with van der Waals surface area (Å²) in [4.78, 5) is 3.97. The Hall–Kier alpha value is -1.03. The van der Waals surface area contributed by atoms with Crippen molar-refractivity contribution in [2.75, 3.05) is 26.7 Å². The quantitative estimate of drug-likeness (QED) is 0.744. The molecule has 0 spiro atoms. The molecule has 1 aliphatic heterocycles. The molecule has 0 bridgehead atoms. The largest absolute Gasteiger partial charge is 0.338 e. The Morgan fingerprint density at radius 3 is 2.95 bits per heavy atom. The molecule has 20 heavy (non-hydrogen) atoms. The van der Waals surface area contributed by atoms with Crippen molar-refractivity contribution in [2.24, 2.45) is 5.92 Å². The Morgan fingerprint density at radius 1 is 1.50 bits per heavy atom. The standard InChI is InChI=1S/C11H21N5O3S/c1-9-14-11(19-15-9)7-13-20(17,18)16-5-3-4-10(8-16)6-12-2/h10,12-13H,3-8H2,1-2H3. The molecule has 1 aromatic rings. The maximum absolute atomic E-state index is 12.2. The summed E-state index contributed by atoms with van der Waals surface area (Å²) in [5.41, 5.74) is 0. The van der Waals surface area contributed by atoms with Crippen LogP contribution in [0.4, 0.5) is 0 Å². The van der Waals surface area contributed by atoms with Gasteiger partial charge < -0.3 is 9.84 Å². The summed E-state index contributed by atoms with van der Waals surface area (Å²) in [6, 6.07) is 0. The van der Waals surface area contributed by atoms with E-state index in [0.717, 1.165) is 19.4 Å². The highest BCUT2D eigenvalue weighted by atomic mass is 32.2. The monoisotopic (exact) mass is 303 g/mol. The van der Waals surface area contributed by atoms with E-state index in [2.05, 4.69) is 20.2 Å². The van der Waals surface area contributed by atoms with E-state index in [4.69, 9.17) is 4.52 Å². The minimum Gasteiger partial charge on any atom is -0.338 e. The Balaban J connectivity index is 1.92. The summed E-state index contributed by atoms with van der Waals surface area (Å²) < 4.78 is 33.3. The van der Waals surface area contributed by atoms with Crippen LogP contribution >= 0.6 is 0 Å². The van der Waals surface area contributed by atoms with Crippen LogP contribution in [-0.4, -0.2) is 49.5 Å². The molecule has 2 rings (SSSR count). The molecule has 114 valence electrons. The van der Waals surface area contributed by atoms with E-state index < -0.39 is 10.2 Å². The summed E-state index contributed by atoms with van der Waals surface area (Å²) in [5, 5.41) is 6.72. The Kier molecular flexibility index (Phi) is 5.08. The summed E-state index contributed by atoms with van der Waals surface area (Å²) in [6.45, 7) is 3.64. The summed E-state index contributed by atoms with van der Waals surface area (Å²) in [7, 11) is -1.62. The summed E-state index contributed by atoms with van der Waals surface area (Å²) in [6.07, 6.45) is 1.93. The van der Waals surface area contributed by atoms with Gasteiger partial charge in [0, 0.05) is 13.1 Å². The number of nitrogens with one attached hydrogen (secondary N) is 2. The van der Waals surface area contributed by atoms with E-state index in [1.54, 1.807) is 6.92 Å². The van der Waals surface area contributed by atoms with Gasteiger partial charge in [0.15, 0.2) is 5.82 Å². The predicted molar refractivity (Wildman–Crippen MR) is 73.0 cm³/mol. The van der Waals surface area contributed by atoms with Crippen molar-refractivity contribution in [1.82, 2.24) is 24.5 Å². The Morgan fingerprint density at radius 2 is 2.30 bits per heavy atom. The molecule has 2 heterocycles. The Labute approximate surface area is 119 Å². The molecular formula is C11H21N5O3S. The Bertz CT molecular complexity index is 528. The van der Waals surface area contributed by atoms with Gasteiger partial charge in [0.25, 0.3) is 10.2 Å². The molecule has 1 fully saturated rings. The van der Waals surface area contributed by atoms with E-state index in [0.29, 0.717) is 24.8 Å². The molecule has 0 aromatic carbocycles. The lowest BCUT2D eigenvalue weighted by Gasteiger charge is -2.31. The van der Waals surface area contributed by atoms with Crippen molar-refractivity contribution < 1.29 is 12.9 Å². The summed E-state index contributed by atoms with van der Waals surface area (Å²) in [5.74, 6) is 1.12. The zero-order valence-electron chi connectivity index (χ0n) is 11.8. The highest BCUT2D eigenvalue weighted by Crippen LogP contribution is 2.18. The maximum atomic E-state index is 12.2. The second-order valence-electron chi connectivity index (χ2n) is 4.99. The molecule has 1 saturated heterocycles. The van der Waals surface area contributed by atoms with Crippen molar-refractivity contribution >= 4 is 10.2 Å². The van der Waals surface area contributed by atoms with Crippen LogP contribution in [0, 0.1) is 12.8 Å². The number of hydrogen-bond donors (Lipinski definition) is 2. The molecule has 0 radical (unpaired) electrons. The van der Waals surface area contributed by atoms with Gasteiger partial charge >= 0.3 is 0 Å². The number of aryl methyl sites for hydroxylation is 1. The van der Waals surface area contributed by atoms with Gasteiger partial charge in [-0.1, -0.05) is 5.16 Å². The number of piperidine rings is 1. The number of aromatic nitrogens is 2. The molecule has 0 amide bonds. The second-order valence-corrected chi connectivity index (χ2v) is 6.74. The van der Waals surface area contributed by atoms with Crippen molar-refractivity contribution in [3.05, 3.63) is 11.7 Å². The normalized spacial score (nSPS) is 21.2. The second kappa shape index (κ2) is 6.61. The van der Waals surface area contributed by atoms with Crippen LogP contribution in [0.15, 0.2) is 4.52 Å². The molecule has 0 saturated carbocycles. The van der Waals surface area contributed by atoms with Crippen molar-refractivity contribution in [1.29, 1.82) is 0 Å². The van der Waals surface area contributed by atoms with Crippen molar-refractivity contribution in [3.8, 4) is 0 Å². The molecule has 1 aromatic heterocycles. The average molecular weight is 303 g/mol.